The van der Waals surface area contributed by atoms with Gasteiger partial charge in [-0.05, 0) is 70.4 Å². The van der Waals surface area contributed by atoms with E-state index in [1.165, 1.54) is 5.56 Å². The second-order valence-corrected chi connectivity index (χ2v) is 11.1. The quantitative estimate of drug-likeness (QED) is 0.438. The van der Waals surface area contributed by atoms with Crippen LogP contribution in [-0.2, 0) is 23.7 Å². The van der Waals surface area contributed by atoms with Crippen molar-refractivity contribution >= 4 is 5.97 Å². The molecule has 3 heteroatoms. The number of carboxylic acids is 1. The number of carboxylic acid groups (broad SMARTS) is 1. The highest BCUT2D eigenvalue weighted by Crippen LogP contribution is 2.44. The Bertz CT molecular complexity index is 956. The summed E-state index contributed by atoms with van der Waals surface area (Å²) < 4.78 is 0. The highest BCUT2D eigenvalue weighted by atomic mass is 16.4. The van der Waals surface area contributed by atoms with Crippen LogP contribution < -0.4 is 0 Å². The van der Waals surface area contributed by atoms with E-state index in [-0.39, 0.29) is 16.6 Å². The van der Waals surface area contributed by atoms with Crippen molar-refractivity contribution in [1.29, 1.82) is 0 Å². The minimum Gasteiger partial charge on any atom is -0.507 e. The topological polar surface area (TPSA) is 57.5 Å². The molecule has 0 bridgehead atoms. The molecule has 0 unspecified atom stereocenters. The van der Waals surface area contributed by atoms with Gasteiger partial charge in [0.25, 0.3) is 0 Å². The van der Waals surface area contributed by atoms with Crippen molar-refractivity contribution in [1.82, 2.24) is 0 Å². The number of rotatable bonds is 8. The van der Waals surface area contributed by atoms with Gasteiger partial charge >= 0.3 is 5.97 Å². The van der Waals surface area contributed by atoms with Crippen LogP contribution in [0.5, 0.6) is 5.75 Å². The van der Waals surface area contributed by atoms with Gasteiger partial charge in [0.2, 0.25) is 0 Å². The number of phenols is 1. The lowest BCUT2D eigenvalue weighted by atomic mass is 9.75. The molecule has 0 atom stereocenters. The Hall–Kier alpha value is -2.29. The van der Waals surface area contributed by atoms with Gasteiger partial charge in [-0.2, -0.15) is 0 Å². The summed E-state index contributed by atoms with van der Waals surface area (Å²) in [5, 5.41) is 21.6. The van der Waals surface area contributed by atoms with Crippen LogP contribution in [0.1, 0.15) is 114 Å². The molecular weight excluding hydrogens is 396 g/mol. The number of phenolic OH excluding ortho intramolecular Hbond substituents is 1. The van der Waals surface area contributed by atoms with Crippen molar-refractivity contribution in [2.45, 2.75) is 105 Å². The smallest absolute Gasteiger partial charge is 0.335 e. The highest BCUT2D eigenvalue weighted by Gasteiger charge is 2.28. The third kappa shape index (κ3) is 5.74. The van der Waals surface area contributed by atoms with E-state index in [9.17, 15) is 15.0 Å². The predicted octanol–water partition coefficient (Wildman–Crippen LogP) is 8.04. The molecule has 0 aromatic heterocycles. The lowest BCUT2D eigenvalue weighted by molar-refractivity contribution is 0.0695. The van der Waals surface area contributed by atoms with Gasteiger partial charge in [-0.3, -0.25) is 0 Å². The number of hydrogen-bond acceptors (Lipinski definition) is 2. The first-order valence-corrected chi connectivity index (χ1v) is 12.1. The molecule has 2 N–H and O–H groups in total. The summed E-state index contributed by atoms with van der Waals surface area (Å²) in [6, 6.07) is 8.19. The molecule has 0 aliphatic carbocycles. The Balaban J connectivity index is 2.96. The monoisotopic (exact) mass is 438 g/mol. The van der Waals surface area contributed by atoms with E-state index in [4.69, 9.17) is 0 Å². The van der Waals surface area contributed by atoms with Crippen LogP contribution in [0, 0.1) is 0 Å². The maximum Gasteiger partial charge on any atom is 0.335 e. The minimum atomic E-state index is -0.918. The van der Waals surface area contributed by atoms with E-state index >= 15 is 0 Å². The Morgan fingerprint density at radius 1 is 0.875 bits per heavy atom. The molecule has 0 heterocycles. The van der Waals surface area contributed by atoms with Gasteiger partial charge in [-0.1, -0.05) is 86.4 Å². The fourth-order valence-corrected chi connectivity index (χ4v) is 4.27. The number of aromatic carboxylic acids is 1. The van der Waals surface area contributed by atoms with E-state index in [0.717, 1.165) is 53.5 Å². The fraction of sp³-hybridized carbons (Fsp3) is 0.552. The van der Waals surface area contributed by atoms with Crippen molar-refractivity contribution in [2.24, 2.45) is 0 Å². The molecule has 2 rings (SSSR count). The van der Waals surface area contributed by atoms with Gasteiger partial charge in [0.15, 0.2) is 0 Å². The van der Waals surface area contributed by atoms with Crippen LogP contribution in [0.2, 0.25) is 0 Å². The van der Waals surface area contributed by atoms with Gasteiger partial charge in [0, 0.05) is 5.56 Å². The third-order valence-electron chi connectivity index (χ3n) is 6.26. The number of benzene rings is 2. The van der Waals surface area contributed by atoms with Crippen molar-refractivity contribution in [3.8, 4) is 16.9 Å². The molecule has 0 saturated heterocycles. The van der Waals surface area contributed by atoms with Gasteiger partial charge in [0.05, 0.1) is 5.56 Å². The largest absolute Gasteiger partial charge is 0.507 e. The molecule has 0 aliphatic rings. The standard InChI is InChI=1S/C29H42O3/c1-9-11-13-19-17-23(27(31)32)21(14-12-10-2)25(26(19)30)22-16-15-20(28(3,4)5)18-24(22)29(6,7)8/h15-18,30H,9-14H2,1-8H3,(H,31,32). The van der Waals surface area contributed by atoms with Gasteiger partial charge in [-0.15, -0.1) is 0 Å². The zero-order chi connectivity index (χ0) is 24.3. The SMILES string of the molecule is CCCCc1cc(C(=O)O)c(CCCC)c(-c2ccc(C(C)(C)C)cc2C(C)(C)C)c1O. The van der Waals surface area contributed by atoms with Crippen molar-refractivity contribution in [3.63, 3.8) is 0 Å². The number of unbranched alkanes of at least 4 members (excludes halogenated alkanes) is 2. The van der Waals surface area contributed by atoms with E-state index in [1.807, 2.05) is 0 Å². The molecule has 0 saturated carbocycles. The summed E-state index contributed by atoms with van der Waals surface area (Å²) in [4.78, 5) is 12.3. The molecule has 32 heavy (non-hydrogen) atoms. The van der Waals surface area contributed by atoms with Crippen molar-refractivity contribution in [3.05, 3.63) is 52.1 Å². The molecule has 0 fully saturated rings. The Kier molecular flexibility index (Phi) is 8.20. The minimum absolute atomic E-state index is 0.000808. The van der Waals surface area contributed by atoms with E-state index < -0.39 is 5.97 Å². The predicted molar refractivity (Wildman–Crippen MR) is 135 cm³/mol. The summed E-state index contributed by atoms with van der Waals surface area (Å²) >= 11 is 0. The molecule has 2 aromatic carbocycles. The summed E-state index contributed by atoms with van der Waals surface area (Å²) in [5.74, 6) is -0.665. The van der Waals surface area contributed by atoms with E-state index in [0.29, 0.717) is 18.4 Å². The molecule has 3 nitrogen and oxygen atoms in total. The molecule has 0 radical (unpaired) electrons. The zero-order valence-corrected chi connectivity index (χ0v) is 21.4. The van der Waals surface area contributed by atoms with Crippen LogP contribution >= 0.6 is 0 Å². The number of aromatic hydroxyl groups is 1. The van der Waals surface area contributed by atoms with Gasteiger partial charge in [0.1, 0.15) is 5.75 Å². The molecule has 0 aliphatic heterocycles. The fourth-order valence-electron chi connectivity index (χ4n) is 4.27. The van der Waals surface area contributed by atoms with Crippen LogP contribution in [0.4, 0.5) is 0 Å². The lowest BCUT2D eigenvalue weighted by Crippen LogP contribution is -2.18. The van der Waals surface area contributed by atoms with E-state index in [1.54, 1.807) is 6.07 Å². The Morgan fingerprint density at radius 2 is 1.47 bits per heavy atom. The summed E-state index contributed by atoms with van der Waals surface area (Å²) in [5.41, 5.74) is 5.71. The van der Waals surface area contributed by atoms with E-state index in [2.05, 4.69) is 73.6 Å². The molecule has 176 valence electrons. The molecular formula is C29H42O3. The van der Waals surface area contributed by atoms with Crippen molar-refractivity contribution < 1.29 is 15.0 Å². The maximum absolute atomic E-state index is 12.3. The second-order valence-electron chi connectivity index (χ2n) is 11.1. The first-order chi connectivity index (χ1) is 14.8. The Labute approximate surface area is 194 Å². The van der Waals surface area contributed by atoms with Crippen LogP contribution in [-0.4, -0.2) is 16.2 Å². The van der Waals surface area contributed by atoms with Gasteiger partial charge < -0.3 is 10.2 Å². The number of hydrogen-bond donors (Lipinski definition) is 2. The lowest BCUT2D eigenvalue weighted by Gasteiger charge is -2.29. The highest BCUT2D eigenvalue weighted by molar-refractivity contribution is 5.95. The normalized spacial score (nSPS) is 12.2. The average molecular weight is 439 g/mol. The van der Waals surface area contributed by atoms with Crippen LogP contribution in [0.25, 0.3) is 11.1 Å². The maximum atomic E-state index is 12.3. The second kappa shape index (κ2) is 10.1. The summed E-state index contributed by atoms with van der Waals surface area (Å²) in [7, 11) is 0. The van der Waals surface area contributed by atoms with Crippen molar-refractivity contribution in [2.75, 3.05) is 0 Å². The molecule has 0 spiro atoms. The van der Waals surface area contributed by atoms with Crippen LogP contribution in [0.3, 0.4) is 0 Å². The number of aryl methyl sites for hydroxylation is 1. The molecule has 0 amide bonds. The Morgan fingerprint density at radius 3 is 1.97 bits per heavy atom. The zero-order valence-electron chi connectivity index (χ0n) is 21.4. The molecule has 2 aromatic rings. The summed E-state index contributed by atoms with van der Waals surface area (Å²) in [6.07, 6.45) is 5.06. The third-order valence-corrected chi connectivity index (χ3v) is 6.26. The first kappa shape index (κ1) is 26.0. The first-order valence-electron chi connectivity index (χ1n) is 12.1. The average Bonchev–Trinajstić information content (AvgIpc) is 2.69. The van der Waals surface area contributed by atoms with Crippen LogP contribution in [0.15, 0.2) is 24.3 Å². The number of carbonyl (C=O) groups is 1. The summed E-state index contributed by atoms with van der Waals surface area (Å²) in [6.45, 7) is 17.4. The van der Waals surface area contributed by atoms with Gasteiger partial charge in [-0.25, -0.2) is 4.79 Å².